The number of fused-ring (bicyclic) bond motifs is 1. The number of benzene rings is 3. The molecule has 2 nitrogen and oxygen atoms in total. The molecule has 4 aromatic rings. The third-order valence-corrected chi connectivity index (χ3v) is 4.97. The zero-order chi connectivity index (χ0) is 20.8. The first-order valence-corrected chi connectivity index (χ1v) is 9.93. The fourth-order valence-electron chi connectivity index (χ4n) is 3.32. The van der Waals surface area contributed by atoms with Gasteiger partial charge < -0.3 is 4.74 Å². The molecule has 0 unspecified atom stereocenters. The Bertz CT molecular complexity index is 1200. The zero-order valence-corrected chi connectivity index (χ0v) is 16.9. The summed E-state index contributed by atoms with van der Waals surface area (Å²) in [6.07, 6.45) is 3.71. The molecule has 0 N–H and O–H groups in total. The van der Waals surface area contributed by atoms with Crippen LogP contribution in [0, 0.1) is 17.7 Å². The van der Waals surface area contributed by atoms with Gasteiger partial charge in [0.1, 0.15) is 5.82 Å². The molecule has 0 aliphatic carbocycles. The Morgan fingerprint density at radius 3 is 2.23 bits per heavy atom. The van der Waals surface area contributed by atoms with Crippen LogP contribution < -0.4 is 0 Å². The van der Waals surface area contributed by atoms with Crippen molar-refractivity contribution in [2.75, 3.05) is 7.11 Å². The highest BCUT2D eigenvalue weighted by molar-refractivity contribution is 5.83. The summed E-state index contributed by atoms with van der Waals surface area (Å²) in [5, 5.41) is 1.87. The molecule has 1 heterocycles. The molecule has 0 aliphatic heterocycles. The second kappa shape index (κ2) is 9.35. The lowest BCUT2D eigenvalue weighted by atomic mass is 10.0. The zero-order valence-electron chi connectivity index (χ0n) is 16.9. The van der Waals surface area contributed by atoms with Gasteiger partial charge in [0.2, 0.25) is 0 Å². The van der Waals surface area contributed by atoms with E-state index in [2.05, 4.69) is 41.1 Å². The van der Waals surface area contributed by atoms with E-state index in [9.17, 15) is 4.39 Å². The maximum Gasteiger partial charge on any atom is 0.123 e. The average Bonchev–Trinajstić information content (AvgIpc) is 2.78. The normalized spacial score (nSPS) is 10.6. The second-order valence-electron chi connectivity index (χ2n) is 7.24. The summed E-state index contributed by atoms with van der Waals surface area (Å²) in [6, 6.07) is 23.1. The minimum absolute atomic E-state index is 0.222. The molecular weight excluding hydrogens is 373 g/mol. The van der Waals surface area contributed by atoms with Gasteiger partial charge in [-0.1, -0.05) is 42.2 Å². The fraction of sp³-hybridized carbons (Fsp3) is 0.148. The first-order valence-electron chi connectivity index (χ1n) is 9.93. The van der Waals surface area contributed by atoms with E-state index in [1.54, 1.807) is 13.2 Å². The predicted molar refractivity (Wildman–Crippen MR) is 119 cm³/mol. The van der Waals surface area contributed by atoms with E-state index in [-0.39, 0.29) is 5.82 Å². The van der Waals surface area contributed by atoms with Crippen LogP contribution in [0.4, 0.5) is 4.39 Å². The average molecular weight is 395 g/mol. The maximum atomic E-state index is 13.3. The Balaban J connectivity index is 1.38. The van der Waals surface area contributed by atoms with Crippen molar-refractivity contribution in [1.29, 1.82) is 0 Å². The summed E-state index contributed by atoms with van der Waals surface area (Å²) < 4.78 is 18.4. The van der Waals surface area contributed by atoms with E-state index in [1.807, 2.05) is 36.5 Å². The molecule has 0 bridgehead atoms. The summed E-state index contributed by atoms with van der Waals surface area (Å²) in [7, 11) is 1.69. The van der Waals surface area contributed by atoms with E-state index < -0.39 is 0 Å². The topological polar surface area (TPSA) is 22.1 Å². The van der Waals surface area contributed by atoms with E-state index in [0.717, 1.165) is 46.0 Å². The smallest absolute Gasteiger partial charge is 0.123 e. The molecule has 0 saturated carbocycles. The van der Waals surface area contributed by atoms with Crippen molar-refractivity contribution in [3.8, 4) is 11.8 Å². The molecule has 0 radical (unpaired) electrons. The lowest BCUT2D eigenvalue weighted by Gasteiger charge is -2.04. The molecule has 3 heteroatoms. The molecule has 0 spiro atoms. The highest BCUT2D eigenvalue weighted by Crippen LogP contribution is 2.17. The summed E-state index contributed by atoms with van der Waals surface area (Å²) in [5.74, 6) is 6.18. The van der Waals surface area contributed by atoms with Crippen LogP contribution in [0.5, 0.6) is 0 Å². The van der Waals surface area contributed by atoms with Crippen molar-refractivity contribution in [2.24, 2.45) is 0 Å². The third-order valence-electron chi connectivity index (χ3n) is 4.97. The van der Waals surface area contributed by atoms with Crippen molar-refractivity contribution in [3.05, 3.63) is 113 Å². The lowest BCUT2D eigenvalue weighted by Crippen LogP contribution is -1.96. The largest absolute Gasteiger partial charge is 0.380 e. The van der Waals surface area contributed by atoms with Gasteiger partial charge in [0.25, 0.3) is 0 Å². The van der Waals surface area contributed by atoms with Crippen LogP contribution in [-0.4, -0.2) is 12.1 Å². The quantitative estimate of drug-likeness (QED) is 0.404. The monoisotopic (exact) mass is 395 g/mol. The fourth-order valence-corrected chi connectivity index (χ4v) is 3.32. The second-order valence-corrected chi connectivity index (χ2v) is 7.24. The van der Waals surface area contributed by atoms with Crippen molar-refractivity contribution in [3.63, 3.8) is 0 Å². The molecule has 0 atom stereocenters. The van der Waals surface area contributed by atoms with Crippen LogP contribution in [-0.2, 0) is 24.2 Å². The van der Waals surface area contributed by atoms with Gasteiger partial charge in [-0.25, -0.2) is 4.39 Å². The molecule has 0 fully saturated rings. The van der Waals surface area contributed by atoms with Crippen molar-refractivity contribution >= 4 is 10.8 Å². The first-order chi connectivity index (χ1) is 14.7. The molecule has 1 aromatic heterocycles. The van der Waals surface area contributed by atoms with Crippen LogP contribution in [0.25, 0.3) is 10.8 Å². The number of methoxy groups -OCH3 is 1. The standard InChI is InChI=1S/C27H22FNO/c1-30-19-23-10-15-27(29-18-23)14-9-21-4-2-20(3-5-21)6-7-22-8-11-25-17-26(28)13-12-24(25)16-22/h2-5,8,10-13,15-18H,9,14,19H2,1H3. The molecule has 0 saturated heterocycles. The SMILES string of the molecule is COCc1ccc(CCc2ccc(C#Cc3ccc4cc(F)ccc4c3)cc2)nc1. The number of hydrogen-bond donors (Lipinski definition) is 0. The van der Waals surface area contributed by atoms with E-state index in [1.165, 1.54) is 17.7 Å². The maximum absolute atomic E-state index is 13.3. The van der Waals surface area contributed by atoms with Gasteiger partial charge in [-0.3, -0.25) is 4.98 Å². The third kappa shape index (κ3) is 5.11. The number of pyridine rings is 1. The number of nitrogens with zero attached hydrogens (tertiary/aromatic N) is 1. The van der Waals surface area contributed by atoms with Crippen LogP contribution in [0.2, 0.25) is 0 Å². The highest BCUT2D eigenvalue weighted by Gasteiger charge is 2.00. The number of halogens is 1. The lowest BCUT2D eigenvalue weighted by molar-refractivity contribution is 0.184. The van der Waals surface area contributed by atoms with Crippen LogP contribution in [0.3, 0.4) is 0 Å². The summed E-state index contributed by atoms with van der Waals surface area (Å²) >= 11 is 0. The number of hydrogen-bond acceptors (Lipinski definition) is 2. The van der Waals surface area contributed by atoms with Gasteiger partial charge in [0.05, 0.1) is 6.61 Å². The van der Waals surface area contributed by atoms with E-state index >= 15 is 0 Å². The van der Waals surface area contributed by atoms with Gasteiger partial charge in [-0.15, -0.1) is 0 Å². The molecule has 0 amide bonds. The molecule has 0 aliphatic rings. The van der Waals surface area contributed by atoms with Gasteiger partial charge >= 0.3 is 0 Å². The Morgan fingerprint density at radius 2 is 1.47 bits per heavy atom. The van der Waals surface area contributed by atoms with Crippen LogP contribution in [0.1, 0.15) is 27.9 Å². The minimum atomic E-state index is -0.222. The van der Waals surface area contributed by atoms with E-state index in [0.29, 0.717) is 6.61 Å². The molecule has 148 valence electrons. The number of aromatic nitrogens is 1. The van der Waals surface area contributed by atoms with Gasteiger partial charge in [-0.2, -0.15) is 0 Å². The molecule has 4 rings (SSSR count). The highest BCUT2D eigenvalue weighted by atomic mass is 19.1. The number of aryl methyl sites for hydroxylation is 2. The Labute approximate surface area is 176 Å². The Morgan fingerprint density at radius 1 is 0.767 bits per heavy atom. The molecule has 30 heavy (non-hydrogen) atoms. The summed E-state index contributed by atoms with van der Waals surface area (Å²) in [4.78, 5) is 4.50. The van der Waals surface area contributed by atoms with Gasteiger partial charge in [0, 0.05) is 30.1 Å². The Kier molecular flexibility index (Phi) is 6.17. The van der Waals surface area contributed by atoms with Crippen molar-refractivity contribution in [1.82, 2.24) is 4.98 Å². The van der Waals surface area contributed by atoms with Gasteiger partial charge in [-0.05, 0) is 77.2 Å². The van der Waals surface area contributed by atoms with Crippen LogP contribution >= 0.6 is 0 Å². The first kappa shape index (κ1) is 19.8. The van der Waals surface area contributed by atoms with Crippen molar-refractivity contribution in [2.45, 2.75) is 19.4 Å². The van der Waals surface area contributed by atoms with E-state index in [4.69, 9.17) is 4.74 Å². The Hall–Kier alpha value is -3.48. The number of rotatable bonds is 5. The van der Waals surface area contributed by atoms with Crippen LogP contribution in [0.15, 0.2) is 79.0 Å². The molecular formula is C27H22FNO. The molecule has 3 aromatic carbocycles. The summed E-state index contributed by atoms with van der Waals surface area (Å²) in [6.45, 7) is 0.591. The minimum Gasteiger partial charge on any atom is -0.380 e. The van der Waals surface area contributed by atoms with Gasteiger partial charge in [0.15, 0.2) is 0 Å². The summed E-state index contributed by atoms with van der Waals surface area (Å²) in [5.41, 5.74) is 5.31. The predicted octanol–water partition coefficient (Wildman–Crippen LogP) is 5.71. The van der Waals surface area contributed by atoms with Crippen molar-refractivity contribution < 1.29 is 9.13 Å². The number of ether oxygens (including phenoxy) is 1.